The number of furan rings is 1. The molecule has 1 aromatic rings. The Kier molecular flexibility index (Phi) is 7.65. The van der Waals surface area contributed by atoms with Crippen molar-refractivity contribution in [3.8, 4) is 0 Å². The molecule has 0 saturated carbocycles. The number of thioether (sulfide) groups is 1. The zero-order chi connectivity index (χ0) is 15.0. The first-order valence-corrected chi connectivity index (χ1v) is 9.67. The van der Waals surface area contributed by atoms with Crippen molar-refractivity contribution in [3.63, 3.8) is 0 Å². The van der Waals surface area contributed by atoms with Gasteiger partial charge in [0, 0.05) is 12.6 Å². The summed E-state index contributed by atoms with van der Waals surface area (Å²) in [6, 6.07) is 1.50. The van der Waals surface area contributed by atoms with Crippen LogP contribution in [0.5, 0.6) is 0 Å². The number of rotatable bonds is 10. The van der Waals surface area contributed by atoms with Crippen molar-refractivity contribution < 1.29 is 12.8 Å². The lowest BCUT2D eigenvalue weighted by molar-refractivity contribution is 0.478. The van der Waals surface area contributed by atoms with E-state index in [0.29, 0.717) is 18.1 Å². The standard InChI is InChI=1S/C13H24N2O3S2/c1-11-13(9-12(10-14)18-11)20(16,17)15-7-5-3-4-6-8-19-2/h9,15H,3-8,10,14H2,1-2H3. The third-order valence-corrected chi connectivity index (χ3v) is 5.25. The summed E-state index contributed by atoms with van der Waals surface area (Å²) in [5.41, 5.74) is 5.44. The Morgan fingerprint density at radius 3 is 2.60 bits per heavy atom. The molecule has 20 heavy (non-hydrogen) atoms. The highest BCUT2D eigenvalue weighted by Gasteiger charge is 2.20. The van der Waals surface area contributed by atoms with Crippen LogP contribution in [0.15, 0.2) is 15.4 Å². The number of sulfonamides is 1. The predicted molar refractivity (Wildman–Crippen MR) is 83.4 cm³/mol. The molecule has 0 radical (unpaired) electrons. The van der Waals surface area contributed by atoms with Crippen LogP contribution in [0.2, 0.25) is 0 Å². The Morgan fingerprint density at radius 2 is 2.00 bits per heavy atom. The predicted octanol–water partition coefficient (Wildman–Crippen LogP) is 2.25. The SMILES string of the molecule is CSCCCCCCNS(=O)(=O)c1cc(CN)oc1C. The van der Waals surface area contributed by atoms with E-state index in [1.54, 1.807) is 6.92 Å². The molecule has 5 nitrogen and oxygen atoms in total. The van der Waals surface area contributed by atoms with Gasteiger partial charge in [-0.2, -0.15) is 11.8 Å². The van der Waals surface area contributed by atoms with E-state index in [2.05, 4.69) is 11.0 Å². The first-order valence-electron chi connectivity index (χ1n) is 6.79. The first kappa shape index (κ1) is 17.6. The fourth-order valence-electron chi connectivity index (χ4n) is 1.90. The van der Waals surface area contributed by atoms with E-state index in [9.17, 15) is 8.42 Å². The summed E-state index contributed by atoms with van der Waals surface area (Å²) in [5, 5.41) is 0. The van der Waals surface area contributed by atoms with Crippen LogP contribution < -0.4 is 10.5 Å². The smallest absolute Gasteiger partial charge is 0.244 e. The van der Waals surface area contributed by atoms with Crippen LogP contribution in [0.1, 0.15) is 37.2 Å². The molecular formula is C13H24N2O3S2. The summed E-state index contributed by atoms with van der Waals surface area (Å²) in [4.78, 5) is 0.195. The van der Waals surface area contributed by atoms with Crippen molar-refractivity contribution >= 4 is 21.8 Å². The van der Waals surface area contributed by atoms with Crippen molar-refractivity contribution in [2.24, 2.45) is 5.73 Å². The average molecular weight is 320 g/mol. The fraction of sp³-hybridized carbons (Fsp3) is 0.692. The van der Waals surface area contributed by atoms with Crippen LogP contribution >= 0.6 is 11.8 Å². The summed E-state index contributed by atoms with van der Waals surface area (Å²) in [7, 11) is -3.48. The molecule has 1 heterocycles. The number of aryl methyl sites for hydroxylation is 1. The summed E-state index contributed by atoms with van der Waals surface area (Å²) in [6.07, 6.45) is 6.33. The lowest BCUT2D eigenvalue weighted by Crippen LogP contribution is -2.25. The first-order chi connectivity index (χ1) is 9.51. The molecule has 0 amide bonds. The van der Waals surface area contributed by atoms with Crippen molar-refractivity contribution in [1.82, 2.24) is 4.72 Å². The molecule has 0 spiro atoms. The molecule has 1 rings (SSSR count). The number of nitrogens with one attached hydrogen (secondary N) is 1. The minimum atomic E-state index is -3.48. The van der Waals surface area contributed by atoms with Gasteiger partial charge >= 0.3 is 0 Å². The van der Waals surface area contributed by atoms with Gasteiger partial charge in [0.2, 0.25) is 10.0 Å². The van der Waals surface area contributed by atoms with E-state index >= 15 is 0 Å². The largest absolute Gasteiger partial charge is 0.464 e. The quantitative estimate of drug-likeness (QED) is 0.646. The normalized spacial score (nSPS) is 11.9. The van der Waals surface area contributed by atoms with Gasteiger partial charge in [0.05, 0.1) is 6.54 Å². The molecule has 0 unspecified atom stereocenters. The molecule has 0 aliphatic heterocycles. The number of unbranched alkanes of at least 4 members (excludes halogenated alkanes) is 3. The van der Waals surface area contributed by atoms with E-state index in [0.717, 1.165) is 19.3 Å². The maximum atomic E-state index is 12.1. The van der Waals surface area contributed by atoms with Crippen LogP contribution in [0.3, 0.4) is 0 Å². The number of hydrogen-bond donors (Lipinski definition) is 2. The Labute approximate surface area is 125 Å². The van der Waals surface area contributed by atoms with E-state index in [1.807, 2.05) is 11.8 Å². The van der Waals surface area contributed by atoms with Crippen LogP contribution in [-0.4, -0.2) is 27.0 Å². The summed E-state index contributed by atoms with van der Waals surface area (Å²) >= 11 is 1.84. The van der Waals surface area contributed by atoms with E-state index in [4.69, 9.17) is 10.2 Å². The zero-order valence-corrected chi connectivity index (χ0v) is 13.8. The molecule has 1 aromatic heterocycles. The summed E-state index contributed by atoms with van der Waals surface area (Å²) < 4.78 is 32.1. The van der Waals surface area contributed by atoms with Crippen LogP contribution in [-0.2, 0) is 16.6 Å². The highest BCUT2D eigenvalue weighted by Crippen LogP contribution is 2.19. The lowest BCUT2D eigenvalue weighted by atomic mass is 10.2. The topological polar surface area (TPSA) is 85.3 Å². The molecule has 7 heteroatoms. The van der Waals surface area contributed by atoms with Gasteiger partial charge in [-0.1, -0.05) is 12.8 Å². The van der Waals surface area contributed by atoms with Crippen molar-refractivity contribution in [3.05, 3.63) is 17.6 Å². The van der Waals surface area contributed by atoms with Gasteiger partial charge in [0.25, 0.3) is 0 Å². The Morgan fingerprint density at radius 1 is 1.30 bits per heavy atom. The van der Waals surface area contributed by atoms with E-state index < -0.39 is 10.0 Å². The van der Waals surface area contributed by atoms with Gasteiger partial charge in [-0.3, -0.25) is 0 Å². The zero-order valence-electron chi connectivity index (χ0n) is 12.1. The van der Waals surface area contributed by atoms with Crippen molar-refractivity contribution in [2.75, 3.05) is 18.6 Å². The molecule has 0 aliphatic carbocycles. The maximum absolute atomic E-state index is 12.1. The molecule has 0 aromatic carbocycles. The van der Waals surface area contributed by atoms with E-state index in [1.165, 1.54) is 18.2 Å². The molecular weight excluding hydrogens is 296 g/mol. The van der Waals surface area contributed by atoms with Crippen LogP contribution in [0.25, 0.3) is 0 Å². The number of hydrogen-bond acceptors (Lipinski definition) is 5. The van der Waals surface area contributed by atoms with Crippen LogP contribution in [0.4, 0.5) is 0 Å². The second-order valence-corrected chi connectivity index (χ2v) is 7.36. The van der Waals surface area contributed by atoms with Gasteiger partial charge in [-0.25, -0.2) is 13.1 Å². The minimum absolute atomic E-state index is 0.195. The third kappa shape index (κ3) is 5.47. The Balaban J connectivity index is 2.40. The van der Waals surface area contributed by atoms with Gasteiger partial charge in [-0.05, 0) is 31.8 Å². The van der Waals surface area contributed by atoms with Crippen LogP contribution in [0, 0.1) is 6.92 Å². The van der Waals surface area contributed by atoms with Gasteiger partial charge in [-0.15, -0.1) is 0 Å². The van der Waals surface area contributed by atoms with Crippen molar-refractivity contribution in [2.45, 2.75) is 44.0 Å². The lowest BCUT2D eigenvalue weighted by Gasteiger charge is -2.05. The number of nitrogens with two attached hydrogens (primary N) is 1. The van der Waals surface area contributed by atoms with Gasteiger partial charge < -0.3 is 10.2 Å². The fourth-order valence-corrected chi connectivity index (χ4v) is 3.67. The maximum Gasteiger partial charge on any atom is 0.244 e. The Bertz CT molecular complexity index is 498. The summed E-state index contributed by atoms with van der Waals surface area (Å²) in [6.45, 7) is 2.30. The monoisotopic (exact) mass is 320 g/mol. The molecule has 0 atom stereocenters. The molecule has 3 N–H and O–H groups in total. The minimum Gasteiger partial charge on any atom is -0.464 e. The second kappa shape index (κ2) is 8.71. The molecule has 0 aliphatic rings. The molecule has 0 saturated heterocycles. The summed E-state index contributed by atoms with van der Waals surface area (Å²) in [5.74, 6) is 2.04. The highest BCUT2D eigenvalue weighted by atomic mass is 32.2. The van der Waals surface area contributed by atoms with Gasteiger partial charge in [0.1, 0.15) is 16.4 Å². The average Bonchev–Trinajstić information content (AvgIpc) is 2.80. The van der Waals surface area contributed by atoms with E-state index in [-0.39, 0.29) is 11.4 Å². The third-order valence-electron chi connectivity index (χ3n) is 2.98. The molecule has 0 fully saturated rings. The second-order valence-electron chi connectivity index (χ2n) is 4.64. The molecule has 0 bridgehead atoms. The Hall–Kier alpha value is -0.500. The van der Waals surface area contributed by atoms with Gasteiger partial charge in [0.15, 0.2) is 0 Å². The van der Waals surface area contributed by atoms with Crippen molar-refractivity contribution in [1.29, 1.82) is 0 Å². The molecule has 116 valence electrons. The highest BCUT2D eigenvalue weighted by molar-refractivity contribution is 7.98.